The van der Waals surface area contributed by atoms with E-state index in [1.807, 2.05) is 45.0 Å². The molecular formula is C14H22Cl2N2O. The van der Waals surface area contributed by atoms with Gasteiger partial charge < -0.3 is 11.1 Å². The normalized spacial score (nSPS) is 15.0. The Kier molecular flexibility index (Phi) is 8.07. The van der Waals surface area contributed by atoms with Crippen molar-refractivity contribution in [1.82, 2.24) is 5.32 Å². The smallest absolute Gasteiger partial charge is 0.237 e. The van der Waals surface area contributed by atoms with Gasteiger partial charge in [0.1, 0.15) is 0 Å². The van der Waals surface area contributed by atoms with Crippen LogP contribution in [0.2, 0.25) is 5.02 Å². The van der Waals surface area contributed by atoms with Gasteiger partial charge in [-0.3, -0.25) is 4.79 Å². The molecule has 1 aromatic rings. The Bertz CT molecular complexity index is 412. The van der Waals surface area contributed by atoms with Crippen LogP contribution >= 0.6 is 24.0 Å². The molecular weight excluding hydrogens is 283 g/mol. The highest BCUT2D eigenvalue weighted by Gasteiger charge is 2.21. The van der Waals surface area contributed by atoms with Gasteiger partial charge in [-0.15, -0.1) is 12.4 Å². The van der Waals surface area contributed by atoms with Gasteiger partial charge in [-0.25, -0.2) is 0 Å². The Morgan fingerprint density at radius 3 is 2.47 bits per heavy atom. The van der Waals surface area contributed by atoms with Crippen molar-refractivity contribution in [1.29, 1.82) is 0 Å². The first-order valence-electron chi connectivity index (χ1n) is 6.27. The first kappa shape index (κ1) is 18.2. The number of hydrogen-bond donors (Lipinski definition) is 2. The molecule has 1 aromatic carbocycles. The summed E-state index contributed by atoms with van der Waals surface area (Å²) in [6.07, 6.45) is 0.884. The summed E-state index contributed by atoms with van der Waals surface area (Å²) in [5.74, 6) is 0.0419. The fourth-order valence-electron chi connectivity index (χ4n) is 1.73. The Labute approximate surface area is 126 Å². The molecule has 1 amide bonds. The number of hydrogen-bond acceptors (Lipinski definition) is 2. The maximum Gasteiger partial charge on any atom is 0.237 e. The van der Waals surface area contributed by atoms with Crippen LogP contribution < -0.4 is 11.1 Å². The Morgan fingerprint density at radius 1 is 1.37 bits per heavy atom. The van der Waals surface area contributed by atoms with Gasteiger partial charge >= 0.3 is 0 Å². The number of benzene rings is 1. The third-order valence-electron chi connectivity index (χ3n) is 3.29. The number of rotatable bonds is 5. The van der Waals surface area contributed by atoms with Crippen LogP contribution in [0.25, 0.3) is 0 Å². The first-order valence-corrected chi connectivity index (χ1v) is 6.65. The molecule has 0 aliphatic heterocycles. The van der Waals surface area contributed by atoms with E-state index in [0.29, 0.717) is 5.02 Å². The van der Waals surface area contributed by atoms with E-state index in [9.17, 15) is 4.79 Å². The molecule has 108 valence electrons. The molecule has 0 saturated heterocycles. The van der Waals surface area contributed by atoms with Crippen LogP contribution in [0.3, 0.4) is 0 Å². The van der Waals surface area contributed by atoms with Crippen LogP contribution in [0, 0.1) is 5.92 Å². The number of nitrogens with one attached hydrogen (secondary N) is 1. The zero-order valence-electron chi connectivity index (χ0n) is 11.5. The highest BCUT2D eigenvalue weighted by molar-refractivity contribution is 6.31. The molecule has 3 unspecified atom stereocenters. The molecule has 0 bridgehead atoms. The van der Waals surface area contributed by atoms with Crippen LogP contribution in [0.15, 0.2) is 24.3 Å². The maximum absolute atomic E-state index is 12.0. The molecule has 0 spiro atoms. The van der Waals surface area contributed by atoms with Gasteiger partial charge in [0, 0.05) is 5.02 Å². The predicted molar refractivity (Wildman–Crippen MR) is 82.7 cm³/mol. The monoisotopic (exact) mass is 304 g/mol. The average Bonchev–Trinajstić information content (AvgIpc) is 2.37. The predicted octanol–water partition coefficient (Wildman–Crippen LogP) is 3.31. The standard InChI is InChI=1S/C14H21ClN2O.ClH/c1-4-9(2)13(16)14(18)17-10(3)11-7-5-6-8-12(11)15;/h5-10,13H,4,16H2,1-3H3,(H,17,18);1H. The third-order valence-corrected chi connectivity index (χ3v) is 3.63. The molecule has 3 N–H and O–H groups in total. The molecule has 3 atom stereocenters. The summed E-state index contributed by atoms with van der Waals surface area (Å²) in [5, 5.41) is 3.56. The van der Waals surface area contributed by atoms with Crippen molar-refractivity contribution >= 4 is 29.9 Å². The average molecular weight is 305 g/mol. The molecule has 3 nitrogen and oxygen atoms in total. The van der Waals surface area contributed by atoms with Crippen LogP contribution in [-0.4, -0.2) is 11.9 Å². The summed E-state index contributed by atoms with van der Waals surface area (Å²) >= 11 is 6.09. The van der Waals surface area contributed by atoms with Crippen molar-refractivity contribution in [3.63, 3.8) is 0 Å². The highest BCUT2D eigenvalue weighted by atomic mass is 35.5. The fourth-order valence-corrected chi connectivity index (χ4v) is 2.03. The van der Waals surface area contributed by atoms with Gasteiger partial charge in [0.2, 0.25) is 5.91 Å². The van der Waals surface area contributed by atoms with Crippen LogP contribution in [0.5, 0.6) is 0 Å². The molecule has 0 aromatic heterocycles. The molecule has 0 radical (unpaired) electrons. The maximum atomic E-state index is 12.0. The summed E-state index contributed by atoms with van der Waals surface area (Å²) < 4.78 is 0. The van der Waals surface area contributed by atoms with Gasteiger partial charge in [-0.05, 0) is 24.5 Å². The molecule has 0 saturated carbocycles. The molecule has 0 fully saturated rings. The van der Waals surface area contributed by atoms with E-state index >= 15 is 0 Å². The van der Waals surface area contributed by atoms with Crippen molar-refractivity contribution in [2.45, 2.75) is 39.3 Å². The topological polar surface area (TPSA) is 55.1 Å². The van der Waals surface area contributed by atoms with Crippen LogP contribution in [0.1, 0.15) is 38.8 Å². The van der Waals surface area contributed by atoms with Crippen molar-refractivity contribution in [3.8, 4) is 0 Å². The lowest BCUT2D eigenvalue weighted by molar-refractivity contribution is -0.124. The number of carbonyl (C=O) groups excluding carboxylic acids is 1. The number of amides is 1. The van der Waals surface area contributed by atoms with Crippen molar-refractivity contribution in [2.75, 3.05) is 0 Å². The minimum absolute atomic E-state index is 0. The van der Waals surface area contributed by atoms with Gasteiger partial charge in [-0.1, -0.05) is 50.1 Å². The second-order valence-corrected chi connectivity index (χ2v) is 5.07. The minimum Gasteiger partial charge on any atom is -0.348 e. The number of nitrogens with two attached hydrogens (primary N) is 1. The largest absolute Gasteiger partial charge is 0.348 e. The Morgan fingerprint density at radius 2 is 1.95 bits per heavy atom. The van der Waals surface area contributed by atoms with E-state index in [0.717, 1.165) is 12.0 Å². The van der Waals surface area contributed by atoms with E-state index < -0.39 is 6.04 Å². The zero-order valence-corrected chi connectivity index (χ0v) is 13.1. The Balaban J connectivity index is 0.00000324. The summed E-state index contributed by atoms with van der Waals surface area (Å²) in [5.41, 5.74) is 6.80. The first-order chi connectivity index (χ1) is 8.47. The van der Waals surface area contributed by atoms with Crippen LogP contribution in [0.4, 0.5) is 0 Å². The molecule has 1 rings (SSSR count). The van der Waals surface area contributed by atoms with E-state index in [2.05, 4.69) is 5.32 Å². The summed E-state index contributed by atoms with van der Waals surface area (Å²) in [6, 6.07) is 6.88. The molecule has 0 aliphatic rings. The van der Waals surface area contributed by atoms with E-state index in [4.69, 9.17) is 17.3 Å². The summed E-state index contributed by atoms with van der Waals surface area (Å²) in [4.78, 5) is 12.0. The quantitative estimate of drug-likeness (QED) is 0.877. The fraction of sp³-hybridized carbons (Fsp3) is 0.500. The lowest BCUT2D eigenvalue weighted by Gasteiger charge is -2.21. The number of halogens is 2. The summed E-state index contributed by atoms with van der Waals surface area (Å²) in [6.45, 7) is 5.90. The van der Waals surface area contributed by atoms with Crippen molar-refractivity contribution in [2.24, 2.45) is 11.7 Å². The van der Waals surface area contributed by atoms with Crippen LogP contribution in [-0.2, 0) is 4.79 Å². The minimum atomic E-state index is -0.472. The van der Waals surface area contributed by atoms with Gasteiger partial charge in [0.05, 0.1) is 12.1 Å². The summed E-state index contributed by atoms with van der Waals surface area (Å²) in [7, 11) is 0. The second kappa shape index (κ2) is 8.41. The molecule has 0 aliphatic carbocycles. The third kappa shape index (κ3) is 5.01. The van der Waals surface area contributed by atoms with Gasteiger partial charge in [-0.2, -0.15) is 0 Å². The van der Waals surface area contributed by atoms with Gasteiger partial charge in [0.25, 0.3) is 0 Å². The molecule has 5 heteroatoms. The van der Waals surface area contributed by atoms with Crippen molar-refractivity contribution in [3.05, 3.63) is 34.9 Å². The second-order valence-electron chi connectivity index (χ2n) is 4.66. The van der Waals surface area contributed by atoms with Gasteiger partial charge in [0.15, 0.2) is 0 Å². The molecule has 19 heavy (non-hydrogen) atoms. The van der Waals surface area contributed by atoms with E-state index in [1.54, 1.807) is 0 Å². The lowest BCUT2D eigenvalue weighted by Crippen LogP contribution is -2.45. The molecule has 0 heterocycles. The van der Waals surface area contributed by atoms with E-state index in [-0.39, 0.29) is 30.3 Å². The van der Waals surface area contributed by atoms with E-state index in [1.165, 1.54) is 0 Å². The highest BCUT2D eigenvalue weighted by Crippen LogP contribution is 2.22. The Hall–Kier alpha value is -0.770. The zero-order chi connectivity index (χ0) is 13.7. The van der Waals surface area contributed by atoms with Crippen molar-refractivity contribution < 1.29 is 4.79 Å². The number of carbonyl (C=O) groups is 1. The SMILES string of the molecule is CCC(C)C(N)C(=O)NC(C)c1ccccc1Cl.Cl. The lowest BCUT2D eigenvalue weighted by atomic mass is 9.98.